The third-order valence-corrected chi connectivity index (χ3v) is 4.23. The van der Waals surface area contributed by atoms with Crippen molar-refractivity contribution in [2.75, 3.05) is 12.3 Å². The summed E-state index contributed by atoms with van der Waals surface area (Å²) in [5.41, 5.74) is 7.44. The second-order valence-corrected chi connectivity index (χ2v) is 5.73. The Morgan fingerprint density at radius 2 is 1.86 bits per heavy atom. The first-order chi connectivity index (χ1) is 9.93. The zero-order valence-electron chi connectivity index (χ0n) is 11.6. The summed E-state index contributed by atoms with van der Waals surface area (Å²) in [6.07, 6.45) is -2.33. The molecule has 116 valence electrons. The minimum absolute atomic E-state index is 0.137. The van der Waals surface area contributed by atoms with E-state index in [-0.39, 0.29) is 18.9 Å². The summed E-state index contributed by atoms with van der Waals surface area (Å²) < 4.78 is 49.1. The lowest BCUT2D eigenvalue weighted by atomic mass is 9.87. The molecule has 0 amide bonds. The number of rotatable bonds is 2. The molecule has 6 heteroatoms. The molecular formula is C15H18F3NO2. The number of fused-ring (bicyclic) bond motifs is 1. The molecule has 21 heavy (non-hydrogen) atoms. The van der Waals surface area contributed by atoms with Crippen LogP contribution in [0.3, 0.4) is 0 Å². The van der Waals surface area contributed by atoms with Gasteiger partial charge in [0.1, 0.15) is 11.5 Å². The van der Waals surface area contributed by atoms with Gasteiger partial charge in [0.05, 0.1) is 24.3 Å². The standard InChI is InChI=1S/C15H18F3NO2/c16-15(17,18)10-1-3-11(4-2-10)21-12-7-9-5-6-20-14(9)13(19)8-12/h7-8,10-11H,1-6,19H2. The van der Waals surface area contributed by atoms with Crippen molar-refractivity contribution in [1.82, 2.24) is 0 Å². The van der Waals surface area contributed by atoms with Crippen molar-refractivity contribution in [1.29, 1.82) is 0 Å². The summed E-state index contributed by atoms with van der Waals surface area (Å²) in [7, 11) is 0. The Morgan fingerprint density at radius 3 is 2.52 bits per heavy atom. The summed E-state index contributed by atoms with van der Waals surface area (Å²) in [6.45, 7) is 0.611. The quantitative estimate of drug-likeness (QED) is 0.847. The molecule has 0 radical (unpaired) electrons. The molecule has 2 N–H and O–H groups in total. The van der Waals surface area contributed by atoms with E-state index < -0.39 is 12.1 Å². The van der Waals surface area contributed by atoms with Crippen molar-refractivity contribution in [2.45, 2.75) is 44.4 Å². The Balaban J connectivity index is 1.62. The molecule has 1 aliphatic heterocycles. The van der Waals surface area contributed by atoms with Gasteiger partial charge < -0.3 is 15.2 Å². The van der Waals surface area contributed by atoms with Crippen molar-refractivity contribution in [3.05, 3.63) is 17.7 Å². The Kier molecular flexibility index (Phi) is 3.63. The van der Waals surface area contributed by atoms with Crippen LogP contribution < -0.4 is 15.2 Å². The first-order valence-electron chi connectivity index (χ1n) is 7.22. The number of halogens is 3. The maximum Gasteiger partial charge on any atom is 0.391 e. The fourth-order valence-corrected chi connectivity index (χ4v) is 3.08. The van der Waals surface area contributed by atoms with Crippen molar-refractivity contribution in [2.24, 2.45) is 5.92 Å². The summed E-state index contributed by atoms with van der Waals surface area (Å²) in [4.78, 5) is 0. The molecule has 3 rings (SSSR count). The van der Waals surface area contributed by atoms with E-state index in [4.69, 9.17) is 15.2 Å². The van der Waals surface area contributed by atoms with Gasteiger partial charge in [0.2, 0.25) is 0 Å². The first kappa shape index (κ1) is 14.4. The highest BCUT2D eigenvalue weighted by Gasteiger charge is 2.41. The number of hydrogen-bond acceptors (Lipinski definition) is 3. The Hall–Kier alpha value is -1.59. The molecule has 0 spiro atoms. The summed E-state index contributed by atoms with van der Waals surface area (Å²) in [5.74, 6) is 0.158. The van der Waals surface area contributed by atoms with Crippen molar-refractivity contribution in [3.8, 4) is 11.5 Å². The lowest BCUT2D eigenvalue weighted by Gasteiger charge is -2.30. The molecule has 3 nitrogen and oxygen atoms in total. The predicted octanol–water partition coefficient (Wildman–Crippen LogP) is 3.70. The van der Waals surface area contributed by atoms with Crippen molar-refractivity contribution in [3.63, 3.8) is 0 Å². The number of nitrogens with two attached hydrogens (primary N) is 1. The molecule has 0 aromatic heterocycles. The zero-order valence-corrected chi connectivity index (χ0v) is 11.6. The van der Waals surface area contributed by atoms with Gasteiger partial charge in [0.25, 0.3) is 0 Å². The van der Waals surface area contributed by atoms with Crippen LogP contribution in [0.15, 0.2) is 12.1 Å². The van der Waals surface area contributed by atoms with Gasteiger partial charge in [-0.25, -0.2) is 0 Å². The van der Waals surface area contributed by atoms with Crippen LogP contribution in [0.5, 0.6) is 11.5 Å². The van der Waals surface area contributed by atoms with E-state index in [1.165, 1.54) is 0 Å². The van der Waals surface area contributed by atoms with E-state index in [1.54, 1.807) is 6.07 Å². The first-order valence-corrected chi connectivity index (χ1v) is 7.22. The summed E-state index contributed by atoms with van der Waals surface area (Å²) >= 11 is 0. The molecule has 1 fully saturated rings. The van der Waals surface area contributed by atoms with Gasteiger partial charge >= 0.3 is 6.18 Å². The lowest BCUT2D eigenvalue weighted by Crippen LogP contribution is -2.31. The highest BCUT2D eigenvalue weighted by Crippen LogP contribution is 2.40. The van der Waals surface area contributed by atoms with Gasteiger partial charge in [-0.2, -0.15) is 13.2 Å². The van der Waals surface area contributed by atoms with Crippen molar-refractivity contribution < 1.29 is 22.6 Å². The molecule has 0 unspecified atom stereocenters. The van der Waals surface area contributed by atoms with Gasteiger partial charge in [0.15, 0.2) is 0 Å². The molecule has 0 bridgehead atoms. The smallest absolute Gasteiger partial charge is 0.391 e. The van der Waals surface area contributed by atoms with E-state index in [0.29, 0.717) is 36.6 Å². The highest BCUT2D eigenvalue weighted by molar-refractivity contribution is 5.62. The molecule has 1 heterocycles. The normalized spacial score (nSPS) is 25.3. The van der Waals surface area contributed by atoms with Gasteiger partial charge in [-0.05, 0) is 31.7 Å². The van der Waals surface area contributed by atoms with E-state index in [2.05, 4.69) is 0 Å². The SMILES string of the molecule is Nc1cc(OC2CCC(C(F)(F)F)CC2)cc2c1OCC2. The Labute approximate surface area is 121 Å². The molecular weight excluding hydrogens is 283 g/mol. The van der Waals surface area contributed by atoms with Gasteiger partial charge in [-0.3, -0.25) is 0 Å². The van der Waals surface area contributed by atoms with Crippen LogP contribution >= 0.6 is 0 Å². The van der Waals surface area contributed by atoms with Crippen LogP contribution in [-0.2, 0) is 6.42 Å². The largest absolute Gasteiger partial charge is 0.491 e. The van der Waals surface area contributed by atoms with E-state index in [9.17, 15) is 13.2 Å². The second-order valence-electron chi connectivity index (χ2n) is 5.73. The lowest BCUT2D eigenvalue weighted by molar-refractivity contribution is -0.185. The third kappa shape index (κ3) is 3.04. The van der Waals surface area contributed by atoms with Crippen LogP contribution in [0.2, 0.25) is 0 Å². The predicted molar refractivity (Wildman–Crippen MR) is 72.5 cm³/mol. The Morgan fingerprint density at radius 1 is 1.14 bits per heavy atom. The number of hydrogen-bond donors (Lipinski definition) is 1. The average molecular weight is 301 g/mol. The zero-order chi connectivity index (χ0) is 15.0. The van der Waals surface area contributed by atoms with Crippen LogP contribution in [0.4, 0.5) is 18.9 Å². The molecule has 1 aliphatic carbocycles. The fraction of sp³-hybridized carbons (Fsp3) is 0.600. The Bertz CT molecular complexity index is 522. The highest BCUT2D eigenvalue weighted by atomic mass is 19.4. The van der Waals surface area contributed by atoms with Crippen LogP contribution in [-0.4, -0.2) is 18.9 Å². The van der Waals surface area contributed by atoms with Crippen molar-refractivity contribution >= 4 is 5.69 Å². The van der Waals surface area contributed by atoms with Crippen LogP contribution in [0.1, 0.15) is 31.2 Å². The minimum Gasteiger partial charge on any atom is -0.491 e. The molecule has 1 aromatic rings. The maximum absolute atomic E-state index is 12.6. The minimum atomic E-state index is -4.08. The summed E-state index contributed by atoms with van der Waals surface area (Å²) in [5, 5.41) is 0. The number of alkyl halides is 3. The van der Waals surface area contributed by atoms with Gasteiger partial charge in [-0.1, -0.05) is 0 Å². The van der Waals surface area contributed by atoms with E-state index in [0.717, 1.165) is 12.0 Å². The van der Waals surface area contributed by atoms with Gasteiger partial charge in [-0.15, -0.1) is 0 Å². The van der Waals surface area contributed by atoms with Gasteiger partial charge in [0, 0.05) is 18.1 Å². The molecule has 1 saturated carbocycles. The molecule has 0 atom stereocenters. The number of anilines is 1. The number of benzene rings is 1. The second kappa shape index (κ2) is 5.31. The topological polar surface area (TPSA) is 44.5 Å². The van der Waals surface area contributed by atoms with E-state index in [1.807, 2.05) is 6.07 Å². The molecule has 0 saturated heterocycles. The van der Waals surface area contributed by atoms with Crippen LogP contribution in [0.25, 0.3) is 0 Å². The number of ether oxygens (including phenoxy) is 2. The fourth-order valence-electron chi connectivity index (χ4n) is 3.08. The average Bonchev–Trinajstić information content (AvgIpc) is 2.87. The van der Waals surface area contributed by atoms with E-state index >= 15 is 0 Å². The molecule has 1 aromatic carbocycles. The summed E-state index contributed by atoms with van der Waals surface area (Å²) in [6, 6.07) is 3.58. The maximum atomic E-state index is 12.6. The third-order valence-electron chi connectivity index (χ3n) is 4.23. The molecule has 2 aliphatic rings. The van der Waals surface area contributed by atoms with Crippen LogP contribution in [0, 0.1) is 5.92 Å². The number of nitrogen functional groups attached to an aromatic ring is 1. The monoisotopic (exact) mass is 301 g/mol.